The molecule has 0 aliphatic carbocycles. The molecule has 0 saturated heterocycles. The molecule has 0 saturated carbocycles. The minimum absolute atomic E-state index is 0. The summed E-state index contributed by atoms with van der Waals surface area (Å²) in [6.07, 6.45) is 0. The molecular formula is C11H14ClN3O. The molecule has 0 aliphatic heterocycles. The third kappa shape index (κ3) is 2.53. The Morgan fingerprint density at radius 2 is 2.00 bits per heavy atom. The number of nitrogens with two attached hydrogens (primary N) is 1. The molecule has 86 valence electrons. The Kier molecular flexibility index (Phi) is 4.34. The van der Waals surface area contributed by atoms with Gasteiger partial charge in [0.25, 0.3) is 0 Å². The number of benzene rings is 1. The number of nitrogens with zero attached hydrogens (tertiary/aromatic N) is 2. The van der Waals surface area contributed by atoms with E-state index in [0.717, 1.165) is 11.4 Å². The second-order valence-electron chi connectivity index (χ2n) is 3.24. The summed E-state index contributed by atoms with van der Waals surface area (Å²) in [6.45, 7) is 0.476. The van der Waals surface area contributed by atoms with Gasteiger partial charge >= 0.3 is 0 Å². The SMILES string of the molecule is COCc1cc(N)n(-c2ccccc2)n1.Cl. The molecule has 0 spiro atoms. The number of anilines is 1. The molecule has 2 aromatic rings. The maximum absolute atomic E-state index is 5.85. The molecule has 0 radical (unpaired) electrons. The number of nitrogen functional groups attached to an aromatic ring is 1. The van der Waals surface area contributed by atoms with Gasteiger partial charge in [0.15, 0.2) is 0 Å². The van der Waals surface area contributed by atoms with Crippen LogP contribution in [0, 0.1) is 0 Å². The van der Waals surface area contributed by atoms with E-state index in [1.165, 1.54) is 0 Å². The van der Waals surface area contributed by atoms with E-state index in [4.69, 9.17) is 10.5 Å². The Balaban J connectivity index is 0.00000128. The molecule has 4 nitrogen and oxygen atoms in total. The number of hydrogen-bond donors (Lipinski definition) is 1. The van der Waals surface area contributed by atoms with Gasteiger partial charge in [-0.25, -0.2) is 4.68 Å². The highest BCUT2D eigenvalue weighted by Crippen LogP contribution is 2.14. The maximum Gasteiger partial charge on any atom is 0.127 e. The molecule has 0 aliphatic rings. The highest BCUT2D eigenvalue weighted by molar-refractivity contribution is 5.85. The monoisotopic (exact) mass is 239 g/mol. The number of hydrogen-bond acceptors (Lipinski definition) is 3. The van der Waals surface area contributed by atoms with Crippen molar-refractivity contribution in [1.29, 1.82) is 0 Å². The molecule has 2 rings (SSSR count). The van der Waals surface area contributed by atoms with E-state index < -0.39 is 0 Å². The number of halogens is 1. The number of ether oxygens (including phenoxy) is 1. The average Bonchev–Trinajstić information content (AvgIpc) is 2.61. The summed E-state index contributed by atoms with van der Waals surface area (Å²) in [5.74, 6) is 0.619. The summed E-state index contributed by atoms with van der Waals surface area (Å²) in [4.78, 5) is 0. The van der Waals surface area contributed by atoms with Crippen LogP contribution >= 0.6 is 12.4 Å². The van der Waals surface area contributed by atoms with Crippen molar-refractivity contribution in [1.82, 2.24) is 9.78 Å². The van der Waals surface area contributed by atoms with Gasteiger partial charge in [-0.3, -0.25) is 0 Å². The van der Waals surface area contributed by atoms with Crippen LogP contribution in [0.2, 0.25) is 0 Å². The quantitative estimate of drug-likeness (QED) is 0.892. The van der Waals surface area contributed by atoms with Crippen molar-refractivity contribution in [3.63, 3.8) is 0 Å². The van der Waals surface area contributed by atoms with Gasteiger partial charge in [0, 0.05) is 13.2 Å². The lowest BCUT2D eigenvalue weighted by atomic mass is 10.3. The summed E-state index contributed by atoms with van der Waals surface area (Å²) >= 11 is 0. The first-order valence-electron chi connectivity index (χ1n) is 4.70. The predicted octanol–water partition coefficient (Wildman–Crippen LogP) is 2.02. The summed E-state index contributed by atoms with van der Waals surface area (Å²) in [7, 11) is 1.64. The van der Waals surface area contributed by atoms with Crippen molar-refractivity contribution in [2.45, 2.75) is 6.61 Å². The second-order valence-corrected chi connectivity index (χ2v) is 3.24. The molecule has 16 heavy (non-hydrogen) atoms. The van der Waals surface area contributed by atoms with E-state index in [9.17, 15) is 0 Å². The Labute approximate surface area is 100 Å². The summed E-state index contributed by atoms with van der Waals surface area (Å²) < 4.78 is 6.70. The van der Waals surface area contributed by atoms with E-state index in [1.54, 1.807) is 11.8 Å². The third-order valence-corrected chi connectivity index (χ3v) is 2.08. The van der Waals surface area contributed by atoms with Crippen molar-refractivity contribution >= 4 is 18.2 Å². The van der Waals surface area contributed by atoms with Gasteiger partial charge in [0.1, 0.15) is 5.82 Å². The van der Waals surface area contributed by atoms with Gasteiger partial charge in [0.2, 0.25) is 0 Å². The van der Waals surface area contributed by atoms with Gasteiger partial charge < -0.3 is 10.5 Å². The maximum atomic E-state index is 5.85. The largest absolute Gasteiger partial charge is 0.384 e. The van der Waals surface area contributed by atoms with E-state index in [1.807, 2.05) is 36.4 Å². The Morgan fingerprint density at radius 3 is 2.62 bits per heavy atom. The normalized spacial score (nSPS) is 9.81. The fraction of sp³-hybridized carbons (Fsp3) is 0.182. The first-order chi connectivity index (χ1) is 7.31. The smallest absolute Gasteiger partial charge is 0.127 e. The number of para-hydroxylation sites is 1. The molecule has 1 aromatic carbocycles. The Morgan fingerprint density at radius 1 is 1.31 bits per heavy atom. The average molecular weight is 240 g/mol. The standard InChI is InChI=1S/C11H13N3O.ClH/c1-15-8-9-7-11(12)14(13-9)10-5-3-2-4-6-10;/h2-7H,8,12H2,1H3;1H. The van der Waals surface area contributed by atoms with Gasteiger partial charge in [0.05, 0.1) is 18.0 Å². The number of methoxy groups -OCH3 is 1. The summed E-state index contributed by atoms with van der Waals surface area (Å²) in [5.41, 5.74) is 7.64. The topological polar surface area (TPSA) is 53.1 Å². The Bertz CT molecular complexity index is 442. The number of aromatic nitrogens is 2. The van der Waals surface area contributed by atoms with Crippen molar-refractivity contribution < 1.29 is 4.74 Å². The molecule has 1 heterocycles. The zero-order valence-corrected chi connectivity index (χ0v) is 9.78. The summed E-state index contributed by atoms with van der Waals surface area (Å²) in [5, 5.41) is 4.34. The molecule has 0 bridgehead atoms. The summed E-state index contributed by atoms with van der Waals surface area (Å²) in [6, 6.07) is 11.6. The van der Waals surface area contributed by atoms with E-state index in [0.29, 0.717) is 12.4 Å². The van der Waals surface area contributed by atoms with Gasteiger partial charge in [-0.05, 0) is 12.1 Å². The minimum atomic E-state index is 0. The van der Waals surface area contributed by atoms with Crippen molar-refractivity contribution in [2.75, 3.05) is 12.8 Å². The van der Waals surface area contributed by atoms with Crippen LogP contribution in [0.25, 0.3) is 5.69 Å². The molecule has 0 unspecified atom stereocenters. The minimum Gasteiger partial charge on any atom is -0.384 e. The molecular weight excluding hydrogens is 226 g/mol. The van der Waals surface area contributed by atoms with Crippen LogP contribution in [0.1, 0.15) is 5.69 Å². The molecule has 0 amide bonds. The van der Waals surface area contributed by atoms with E-state index in [-0.39, 0.29) is 12.4 Å². The van der Waals surface area contributed by atoms with Crippen LogP contribution in [0.5, 0.6) is 0 Å². The highest BCUT2D eigenvalue weighted by atomic mass is 35.5. The molecule has 2 N–H and O–H groups in total. The first kappa shape index (κ1) is 12.5. The zero-order valence-electron chi connectivity index (χ0n) is 8.96. The fourth-order valence-corrected chi connectivity index (χ4v) is 1.44. The van der Waals surface area contributed by atoms with Crippen LogP contribution in [-0.4, -0.2) is 16.9 Å². The second kappa shape index (κ2) is 5.53. The van der Waals surface area contributed by atoms with Crippen LogP contribution in [0.15, 0.2) is 36.4 Å². The highest BCUT2D eigenvalue weighted by Gasteiger charge is 2.05. The molecule has 0 fully saturated rings. The van der Waals surface area contributed by atoms with E-state index in [2.05, 4.69) is 5.10 Å². The van der Waals surface area contributed by atoms with Crippen LogP contribution < -0.4 is 5.73 Å². The first-order valence-corrected chi connectivity index (χ1v) is 4.70. The van der Waals surface area contributed by atoms with Crippen molar-refractivity contribution in [2.24, 2.45) is 0 Å². The molecule has 0 atom stereocenters. The van der Waals surface area contributed by atoms with Gasteiger partial charge in [-0.2, -0.15) is 5.10 Å². The van der Waals surface area contributed by atoms with Gasteiger partial charge in [-0.1, -0.05) is 18.2 Å². The number of rotatable bonds is 3. The molecule has 5 heteroatoms. The van der Waals surface area contributed by atoms with Gasteiger partial charge in [-0.15, -0.1) is 12.4 Å². The van der Waals surface area contributed by atoms with Crippen LogP contribution in [0.4, 0.5) is 5.82 Å². The van der Waals surface area contributed by atoms with E-state index >= 15 is 0 Å². The lowest BCUT2D eigenvalue weighted by Gasteiger charge is -2.02. The van der Waals surface area contributed by atoms with Crippen LogP contribution in [0.3, 0.4) is 0 Å². The van der Waals surface area contributed by atoms with Crippen LogP contribution in [-0.2, 0) is 11.3 Å². The third-order valence-electron chi connectivity index (χ3n) is 2.08. The zero-order chi connectivity index (χ0) is 10.7. The van der Waals surface area contributed by atoms with Crippen molar-refractivity contribution in [3.05, 3.63) is 42.1 Å². The fourth-order valence-electron chi connectivity index (χ4n) is 1.44. The van der Waals surface area contributed by atoms with Crippen molar-refractivity contribution in [3.8, 4) is 5.69 Å². The lowest BCUT2D eigenvalue weighted by molar-refractivity contribution is 0.181. The predicted molar refractivity (Wildman–Crippen MR) is 65.9 cm³/mol. The lowest BCUT2D eigenvalue weighted by Crippen LogP contribution is -2.01. The molecule has 1 aromatic heterocycles. The Hall–Kier alpha value is -1.52.